The van der Waals surface area contributed by atoms with E-state index in [9.17, 15) is 4.79 Å². The molecule has 0 radical (unpaired) electrons. The Hall–Kier alpha value is -1.65. The van der Waals surface area contributed by atoms with E-state index >= 15 is 0 Å². The predicted octanol–water partition coefficient (Wildman–Crippen LogP) is 2.25. The second kappa shape index (κ2) is 6.83. The van der Waals surface area contributed by atoms with Gasteiger partial charge in [-0.15, -0.1) is 0 Å². The first-order valence-corrected chi connectivity index (χ1v) is 5.84. The van der Waals surface area contributed by atoms with E-state index in [0.717, 1.165) is 12.8 Å². The van der Waals surface area contributed by atoms with Crippen LogP contribution < -0.4 is 5.32 Å². The number of hydrogen-bond acceptors (Lipinski definition) is 5. The molecule has 5 heteroatoms. The predicted molar refractivity (Wildman–Crippen MR) is 66.0 cm³/mol. The molecule has 1 aromatic rings. The molecular formula is C12H19N3O2. The van der Waals surface area contributed by atoms with Crippen molar-refractivity contribution >= 4 is 11.8 Å². The molecule has 0 spiro atoms. The van der Waals surface area contributed by atoms with Gasteiger partial charge < -0.3 is 10.1 Å². The molecule has 0 fully saturated rings. The Balaban J connectivity index is 2.62. The van der Waals surface area contributed by atoms with Crippen molar-refractivity contribution in [3.8, 4) is 0 Å². The van der Waals surface area contributed by atoms with Gasteiger partial charge in [-0.05, 0) is 13.3 Å². The minimum atomic E-state index is -0.470. The highest BCUT2D eigenvalue weighted by Gasteiger charge is 2.09. The first kappa shape index (κ1) is 13.4. The number of carbonyl (C=O) groups excluding carboxylic acids is 1. The molecule has 0 aliphatic carbocycles. The number of nitrogens with zero attached hydrogens (tertiary/aromatic N) is 2. The zero-order valence-electron chi connectivity index (χ0n) is 10.6. The molecule has 0 bridgehead atoms. The minimum absolute atomic E-state index is 0.222. The van der Waals surface area contributed by atoms with E-state index in [1.54, 1.807) is 6.20 Å². The van der Waals surface area contributed by atoms with Crippen molar-refractivity contribution in [1.29, 1.82) is 0 Å². The smallest absolute Gasteiger partial charge is 0.358 e. The van der Waals surface area contributed by atoms with E-state index in [-0.39, 0.29) is 5.69 Å². The van der Waals surface area contributed by atoms with Crippen LogP contribution in [0.5, 0.6) is 0 Å². The van der Waals surface area contributed by atoms with Gasteiger partial charge in [0.1, 0.15) is 5.82 Å². The van der Waals surface area contributed by atoms with Crippen LogP contribution in [0.2, 0.25) is 0 Å². The van der Waals surface area contributed by atoms with E-state index in [4.69, 9.17) is 0 Å². The van der Waals surface area contributed by atoms with Crippen molar-refractivity contribution in [2.75, 3.05) is 12.4 Å². The number of nitrogens with one attached hydrogen (secondary N) is 1. The van der Waals surface area contributed by atoms with Crippen molar-refractivity contribution in [3.05, 3.63) is 18.1 Å². The summed E-state index contributed by atoms with van der Waals surface area (Å²) in [5, 5.41) is 3.21. The largest absolute Gasteiger partial charge is 0.464 e. The van der Waals surface area contributed by atoms with Gasteiger partial charge in [-0.3, -0.25) is 4.98 Å². The summed E-state index contributed by atoms with van der Waals surface area (Å²) in [7, 11) is 1.33. The summed E-state index contributed by atoms with van der Waals surface area (Å²) in [6.07, 6.45) is 6.40. The number of esters is 1. The van der Waals surface area contributed by atoms with Crippen LogP contribution in [0.15, 0.2) is 12.4 Å². The summed E-state index contributed by atoms with van der Waals surface area (Å²) < 4.78 is 4.59. The SMILES string of the molecule is CCCCC(C)Nc1cncc(C(=O)OC)n1. The van der Waals surface area contributed by atoms with Gasteiger partial charge in [-0.2, -0.15) is 0 Å². The molecule has 0 aliphatic rings. The molecule has 1 N–H and O–H groups in total. The van der Waals surface area contributed by atoms with Gasteiger partial charge in [-0.1, -0.05) is 19.8 Å². The van der Waals surface area contributed by atoms with Gasteiger partial charge in [0.05, 0.1) is 19.5 Å². The van der Waals surface area contributed by atoms with Crippen molar-refractivity contribution in [2.24, 2.45) is 0 Å². The van der Waals surface area contributed by atoms with Crippen LogP contribution in [0.1, 0.15) is 43.6 Å². The van der Waals surface area contributed by atoms with Gasteiger partial charge in [0, 0.05) is 6.04 Å². The zero-order valence-corrected chi connectivity index (χ0v) is 10.6. The second-order valence-corrected chi connectivity index (χ2v) is 3.97. The molecule has 0 saturated carbocycles. The lowest BCUT2D eigenvalue weighted by Gasteiger charge is -2.13. The van der Waals surface area contributed by atoms with Crippen LogP contribution >= 0.6 is 0 Å². The first-order valence-electron chi connectivity index (χ1n) is 5.84. The molecule has 0 aromatic carbocycles. The van der Waals surface area contributed by atoms with Gasteiger partial charge >= 0.3 is 5.97 Å². The molecule has 94 valence electrons. The quantitative estimate of drug-likeness (QED) is 0.769. The number of rotatable bonds is 6. The topological polar surface area (TPSA) is 64.1 Å². The van der Waals surface area contributed by atoms with Crippen LogP contribution in [0.3, 0.4) is 0 Å². The Bertz CT molecular complexity index is 369. The highest BCUT2D eigenvalue weighted by atomic mass is 16.5. The fourth-order valence-corrected chi connectivity index (χ4v) is 1.47. The summed E-state index contributed by atoms with van der Waals surface area (Å²) in [5.74, 6) is 0.138. The summed E-state index contributed by atoms with van der Waals surface area (Å²) in [4.78, 5) is 19.4. The summed E-state index contributed by atoms with van der Waals surface area (Å²) in [6.45, 7) is 4.24. The Labute approximate surface area is 102 Å². The Morgan fingerprint density at radius 1 is 1.53 bits per heavy atom. The van der Waals surface area contributed by atoms with E-state index in [2.05, 4.69) is 33.9 Å². The standard InChI is InChI=1S/C12H19N3O2/c1-4-5-6-9(2)14-11-8-13-7-10(15-11)12(16)17-3/h7-9H,4-6H2,1-3H3,(H,14,15). The fourth-order valence-electron chi connectivity index (χ4n) is 1.47. The van der Waals surface area contributed by atoms with Crippen molar-refractivity contribution in [2.45, 2.75) is 39.2 Å². The molecular weight excluding hydrogens is 218 g/mol. The molecule has 0 amide bonds. The summed E-state index contributed by atoms with van der Waals surface area (Å²) in [5.41, 5.74) is 0.222. The number of hydrogen-bond donors (Lipinski definition) is 1. The maximum Gasteiger partial charge on any atom is 0.358 e. The van der Waals surface area contributed by atoms with Crippen molar-refractivity contribution in [3.63, 3.8) is 0 Å². The highest BCUT2D eigenvalue weighted by molar-refractivity contribution is 5.87. The van der Waals surface area contributed by atoms with E-state index in [1.807, 2.05) is 0 Å². The first-order chi connectivity index (χ1) is 8.17. The number of anilines is 1. The van der Waals surface area contributed by atoms with Crippen LogP contribution in [0.4, 0.5) is 5.82 Å². The molecule has 1 aromatic heterocycles. The third-order valence-electron chi connectivity index (χ3n) is 2.41. The average molecular weight is 237 g/mol. The molecule has 0 aliphatic heterocycles. The molecule has 1 atom stereocenters. The lowest BCUT2D eigenvalue weighted by molar-refractivity contribution is 0.0593. The molecule has 0 saturated heterocycles. The molecule has 1 unspecified atom stereocenters. The van der Waals surface area contributed by atoms with Crippen molar-refractivity contribution in [1.82, 2.24) is 9.97 Å². The van der Waals surface area contributed by atoms with E-state index < -0.39 is 5.97 Å². The van der Waals surface area contributed by atoms with Crippen LogP contribution in [-0.4, -0.2) is 29.1 Å². The lowest BCUT2D eigenvalue weighted by Crippen LogP contribution is -2.17. The lowest BCUT2D eigenvalue weighted by atomic mass is 10.1. The van der Waals surface area contributed by atoms with E-state index in [1.165, 1.54) is 19.7 Å². The Morgan fingerprint density at radius 3 is 2.94 bits per heavy atom. The van der Waals surface area contributed by atoms with Crippen LogP contribution in [0, 0.1) is 0 Å². The monoisotopic (exact) mass is 237 g/mol. The number of aromatic nitrogens is 2. The summed E-state index contributed by atoms with van der Waals surface area (Å²) >= 11 is 0. The number of methoxy groups -OCH3 is 1. The summed E-state index contributed by atoms with van der Waals surface area (Å²) in [6, 6.07) is 0.317. The molecule has 5 nitrogen and oxygen atoms in total. The fraction of sp³-hybridized carbons (Fsp3) is 0.583. The molecule has 1 heterocycles. The maximum absolute atomic E-state index is 11.3. The number of carbonyl (C=O) groups is 1. The maximum atomic E-state index is 11.3. The Morgan fingerprint density at radius 2 is 2.29 bits per heavy atom. The Kier molecular flexibility index (Phi) is 5.39. The van der Waals surface area contributed by atoms with Gasteiger partial charge in [0.2, 0.25) is 0 Å². The normalized spacial score (nSPS) is 11.9. The number of ether oxygens (including phenoxy) is 1. The third kappa shape index (κ3) is 4.38. The van der Waals surface area contributed by atoms with E-state index in [0.29, 0.717) is 11.9 Å². The molecule has 17 heavy (non-hydrogen) atoms. The zero-order chi connectivity index (χ0) is 12.7. The molecule has 1 rings (SSSR count). The van der Waals surface area contributed by atoms with Gasteiger partial charge in [0.25, 0.3) is 0 Å². The third-order valence-corrected chi connectivity index (χ3v) is 2.41. The average Bonchev–Trinajstić information content (AvgIpc) is 2.35. The van der Waals surface area contributed by atoms with Crippen LogP contribution in [-0.2, 0) is 4.74 Å². The van der Waals surface area contributed by atoms with Crippen LogP contribution in [0.25, 0.3) is 0 Å². The second-order valence-electron chi connectivity index (χ2n) is 3.97. The van der Waals surface area contributed by atoms with Crippen molar-refractivity contribution < 1.29 is 9.53 Å². The number of unbranched alkanes of at least 4 members (excludes halogenated alkanes) is 1. The van der Waals surface area contributed by atoms with Gasteiger partial charge in [-0.25, -0.2) is 9.78 Å². The van der Waals surface area contributed by atoms with Gasteiger partial charge in [0.15, 0.2) is 5.69 Å². The minimum Gasteiger partial charge on any atom is -0.464 e. The highest BCUT2D eigenvalue weighted by Crippen LogP contribution is 2.08.